The maximum atomic E-state index is 12.2. The maximum Gasteiger partial charge on any atom is 0.293 e. The summed E-state index contributed by atoms with van der Waals surface area (Å²) in [6.45, 7) is 4.07. The summed E-state index contributed by atoms with van der Waals surface area (Å²) in [4.78, 5) is 13.4. The van der Waals surface area contributed by atoms with E-state index in [0.29, 0.717) is 16.8 Å². The number of amides is 1. The number of carbonyl (C=O) groups is 1. The van der Waals surface area contributed by atoms with Crippen molar-refractivity contribution in [3.8, 4) is 0 Å². The minimum Gasteiger partial charge on any atom is -0.455 e. The lowest BCUT2D eigenvalue weighted by molar-refractivity contribution is 0.0995. The average Bonchev–Trinajstić information content (AvgIpc) is 3.23. The van der Waals surface area contributed by atoms with E-state index in [1.54, 1.807) is 17.8 Å². The van der Waals surface area contributed by atoms with Crippen molar-refractivity contribution in [1.82, 2.24) is 10.2 Å². The van der Waals surface area contributed by atoms with Crippen LogP contribution >= 0.6 is 23.1 Å². The van der Waals surface area contributed by atoms with Crippen LogP contribution in [0.4, 0.5) is 5.13 Å². The molecular formula is C17H17N3O2S2. The Hall–Kier alpha value is -2.12. The van der Waals surface area contributed by atoms with Crippen LogP contribution in [0.2, 0.25) is 0 Å². The third kappa shape index (κ3) is 4.24. The number of hydrogen-bond acceptors (Lipinski definition) is 6. The predicted octanol–water partition coefficient (Wildman–Crippen LogP) is 4.80. The first-order valence-electron chi connectivity index (χ1n) is 7.53. The minimum absolute atomic E-state index is 0.278. The number of benzene rings is 1. The predicted molar refractivity (Wildman–Crippen MR) is 96.7 cm³/mol. The fourth-order valence-electron chi connectivity index (χ4n) is 1.93. The van der Waals surface area contributed by atoms with Gasteiger partial charge in [-0.2, -0.15) is 0 Å². The maximum absolute atomic E-state index is 12.2. The van der Waals surface area contributed by atoms with Gasteiger partial charge >= 0.3 is 0 Å². The van der Waals surface area contributed by atoms with Crippen LogP contribution in [0.15, 0.2) is 51.8 Å². The number of nitrogens with one attached hydrogen (secondary N) is 1. The molecule has 1 aromatic carbocycles. The van der Waals surface area contributed by atoms with Crippen LogP contribution < -0.4 is 5.32 Å². The van der Waals surface area contributed by atoms with Crippen molar-refractivity contribution < 1.29 is 9.21 Å². The normalized spacial score (nSPS) is 11.0. The van der Waals surface area contributed by atoms with Gasteiger partial charge in [-0.15, -0.1) is 22.0 Å². The number of thioether (sulfide) groups is 1. The van der Waals surface area contributed by atoms with Gasteiger partial charge in [0.05, 0.1) is 5.75 Å². The van der Waals surface area contributed by atoms with Gasteiger partial charge in [0.1, 0.15) is 10.8 Å². The highest BCUT2D eigenvalue weighted by molar-refractivity contribution is 7.98. The number of rotatable bonds is 6. The molecule has 0 spiro atoms. The second-order valence-electron chi connectivity index (χ2n) is 5.42. The molecule has 24 heavy (non-hydrogen) atoms. The van der Waals surface area contributed by atoms with Crippen molar-refractivity contribution in [2.45, 2.75) is 30.4 Å². The molecule has 124 valence electrons. The molecule has 0 saturated heterocycles. The molecule has 0 aliphatic rings. The third-order valence-electron chi connectivity index (χ3n) is 3.16. The van der Waals surface area contributed by atoms with E-state index in [0.717, 1.165) is 15.7 Å². The van der Waals surface area contributed by atoms with Crippen LogP contribution in [0.3, 0.4) is 0 Å². The first-order valence-corrected chi connectivity index (χ1v) is 9.33. The number of nitrogens with zero attached hydrogens (tertiary/aromatic N) is 2. The van der Waals surface area contributed by atoms with E-state index >= 15 is 0 Å². The summed E-state index contributed by atoms with van der Waals surface area (Å²) < 4.78 is 5.62. The molecule has 7 heteroatoms. The summed E-state index contributed by atoms with van der Waals surface area (Å²) in [6.07, 6.45) is 0. The van der Waals surface area contributed by atoms with Crippen LogP contribution in [-0.2, 0) is 5.75 Å². The number of carbonyl (C=O) groups excluding carboxylic acids is 1. The van der Waals surface area contributed by atoms with Gasteiger partial charge in [-0.05, 0) is 24.3 Å². The van der Waals surface area contributed by atoms with Crippen molar-refractivity contribution in [3.05, 3.63) is 59.0 Å². The molecule has 0 aliphatic carbocycles. The summed E-state index contributed by atoms with van der Waals surface area (Å²) in [5.74, 6) is 1.69. The van der Waals surface area contributed by atoms with E-state index < -0.39 is 0 Å². The first-order chi connectivity index (χ1) is 11.6. The zero-order valence-electron chi connectivity index (χ0n) is 13.4. The summed E-state index contributed by atoms with van der Waals surface area (Å²) in [5.41, 5.74) is 0. The van der Waals surface area contributed by atoms with Gasteiger partial charge in [0.2, 0.25) is 5.13 Å². The van der Waals surface area contributed by atoms with Crippen molar-refractivity contribution in [2.75, 3.05) is 5.32 Å². The fourth-order valence-corrected chi connectivity index (χ4v) is 3.48. The summed E-state index contributed by atoms with van der Waals surface area (Å²) in [6, 6.07) is 13.6. The molecule has 3 rings (SSSR count). The van der Waals surface area contributed by atoms with Crippen LogP contribution in [0.5, 0.6) is 0 Å². The Morgan fingerprint density at radius 1 is 1.21 bits per heavy atom. The Balaban J connectivity index is 1.58. The van der Waals surface area contributed by atoms with Crippen LogP contribution in [0, 0.1) is 0 Å². The zero-order chi connectivity index (χ0) is 16.9. The van der Waals surface area contributed by atoms with Gasteiger partial charge in [0.25, 0.3) is 5.91 Å². The molecule has 5 nitrogen and oxygen atoms in total. The molecule has 3 aromatic rings. The van der Waals surface area contributed by atoms with E-state index in [1.807, 2.05) is 50.2 Å². The summed E-state index contributed by atoms with van der Waals surface area (Å²) in [5, 5.41) is 12.1. The number of anilines is 1. The Bertz CT molecular complexity index is 812. The highest BCUT2D eigenvalue weighted by Crippen LogP contribution is 2.25. The SMILES string of the molecule is CC(C)c1nnc(NC(=O)c2ccc(CSc3ccccc3)o2)s1. The molecule has 2 heterocycles. The van der Waals surface area contributed by atoms with Crippen molar-refractivity contribution in [2.24, 2.45) is 0 Å². The van der Waals surface area contributed by atoms with Gasteiger partial charge in [0, 0.05) is 10.8 Å². The van der Waals surface area contributed by atoms with Gasteiger partial charge in [-0.3, -0.25) is 10.1 Å². The monoisotopic (exact) mass is 359 g/mol. The second kappa shape index (κ2) is 7.63. The summed E-state index contributed by atoms with van der Waals surface area (Å²) in [7, 11) is 0. The topological polar surface area (TPSA) is 68.0 Å². The smallest absolute Gasteiger partial charge is 0.293 e. The Morgan fingerprint density at radius 2 is 2.00 bits per heavy atom. The molecule has 0 unspecified atom stereocenters. The van der Waals surface area contributed by atoms with E-state index in [2.05, 4.69) is 15.5 Å². The van der Waals surface area contributed by atoms with Crippen LogP contribution in [-0.4, -0.2) is 16.1 Å². The lowest BCUT2D eigenvalue weighted by Gasteiger charge is -1.99. The summed E-state index contributed by atoms with van der Waals surface area (Å²) >= 11 is 3.04. The van der Waals surface area contributed by atoms with Crippen molar-refractivity contribution >= 4 is 34.1 Å². The molecule has 2 aromatic heterocycles. The second-order valence-corrected chi connectivity index (χ2v) is 7.48. The molecular weight excluding hydrogens is 342 g/mol. The van der Waals surface area contributed by atoms with Gasteiger partial charge in [-0.1, -0.05) is 43.4 Å². The lowest BCUT2D eigenvalue weighted by Crippen LogP contribution is -2.10. The molecule has 0 saturated carbocycles. The minimum atomic E-state index is -0.308. The largest absolute Gasteiger partial charge is 0.455 e. The molecule has 0 atom stereocenters. The molecule has 1 N–H and O–H groups in total. The molecule has 0 bridgehead atoms. The Morgan fingerprint density at radius 3 is 2.71 bits per heavy atom. The standard InChI is InChI=1S/C17H17N3O2S2/c1-11(2)16-19-20-17(24-16)18-15(21)14-9-8-12(22-14)10-23-13-6-4-3-5-7-13/h3-9,11H,10H2,1-2H3,(H,18,20,21). The zero-order valence-corrected chi connectivity index (χ0v) is 15.0. The van der Waals surface area contributed by atoms with Gasteiger partial charge < -0.3 is 4.42 Å². The average molecular weight is 359 g/mol. The van der Waals surface area contributed by atoms with E-state index in [9.17, 15) is 4.79 Å². The van der Waals surface area contributed by atoms with Gasteiger partial charge in [0.15, 0.2) is 5.76 Å². The van der Waals surface area contributed by atoms with E-state index in [4.69, 9.17) is 4.42 Å². The Kier molecular flexibility index (Phi) is 5.32. The number of hydrogen-bond donors (Lipinski definition) is 1. The molecule has 1 amide bonds. The molecule has 0 aliphatic heterocycles. The first kappa shape index (κ1) is 16.7. The lowest BCUT2D eigenvalue weighted by atomic mass is 10.2. The quantitative estimate of drug-likeness (QED) is 0.640. The number of aromatic nitrogens is 2. The highest BCUT2D eigenvalue weighted by Gasteiger charge is 2.15. The highest BCUT2D eigenvalue weighted by atomic mass is 32.2. The molecule has 0 radical (unpaired) electrons. The van der Waals surface area contributed by atoms with Crippen molar-refractivity contribution in [3.63, 3.8) is 0 Å². The molecule has 0 fully saturated rings. The third-order valence-corrected chi connectivity index (χ3v) is 5.34. The van der Waals surface area contributed by atoms with E-state index in [-0.39, 0.29) is 11.7 Å². The van der Waals surface area contributed by atoms with Crippen LogP contribution in [0.25, 0.3) is 0 Å². The van der Waals surface area contributed by atoms with Crippen LogP contribution in [0.1, 0.15) is 41.1 Å². The Labute approximate surface area is 148 Å². The fraction of sp³-hybridized carbons (Fsp3) is 0.235. The van der Waals surface area contributed by atoms with E-state index in [1.165, 1.54) is 11.3 Å². The van der Waals surface area contributed by atoms with Crippen molar-refractivity contribution in [1.29, 1.82) is 0 Å². The number of furan rings is 1. The van der Waals surface area contributed by atoms with Gasteiger partial charge in [-0.25, -0.2) is 0 Å².